The topological polar surface area (TPSA) is 79.1 Å². The third-order valence-corrected chi connectivity index (χ3v) is 6.86. The Morgan fingerprint density at radius 1 is 1.09 bits per heavy atom. The number of carbonyl (C=O) groups excluding carboxylic acids is 1. The lowest BCUT2D eigenvalue weighted by molar-refractivity contribution is -0.136. The highest BCUT2D eigenvalue weighted by molar-refractivity contribution is 7.07. The van der Waals surface area contributed by atoms with Crippen LogP contribution in [0.3, 0.4) is 0 Å². The van der Waals surface area contributed by atoms with Crippen LogP contribution in [0.2, 0.25) is 5.02 Å². The first-order chi connectivity index (χ1) is 16.3. The number of benzene rings is 2. The molecule has 0 spiro atoms. The van der Waals surface area contributed by atoms with Crippen LogP contribution in [0.5, 0.6) is 11.5 Å². The summed E-state index contributed by atoms with van der Waals surface area (Å²) in [6.07, 6.45) is 1.79. The summed E-state index contributed by atoms with van der Waals surface area (Å²) in [6.45, 7) is 3.67. The van der Waals surface area contributed by atoms with Crippen molar-refractivity contribution in [1.82, 2.24) is 4.57 Å². The third-order valence-electron chi connectivity index (χ3n) is 5.64. The summed E-state index contributed by atoms with van der Waals surface area (Å²) in [5, 5.41) is 0.448. The molecule has 1 atom stereocenters. The van der Waals surface area contributed by atoms with Gasteiger partial charge in [-0.25, -0.2) is 9.79 Å². The Kier molecular flexibility index (Phi) is 6.63. The number of rotatable bonds is 5. The van der Waals surface area contributed by atoms with E-state index < -0.39 is 12.0 Å². The van der Waals surface area contributed by atoms with E-state index in [0.29, 0.717) is 31.4 Å². The number of aromatic nitrogens is 1. The molecule has 2 aromatic carbocycles. The zero-order chi connectivity index (χ0) is 24.6. The van der Waals surface area contributed by atoms with Crippen LogP contribution in [0.1, 0.15) is 29.7 Å². The number of ether oxygens (including phenoxy) is 3. The molecule has 7 nitrogen and oxygen atoms in total. The molecule has 0 aliphatic carbocycles. The number of methoxy groups -OCH3 is 3. The quantitative estimate of drug-likeness (QED) is 0.504. The molecule has 176 valence electrons. The van der Waals surface area contributed by atoms with E-state index in [1.54, 1.807) is 38.3 Å². The molecule has 34 heavy (non-hydrogen) atoms. The van der Waals surface area contributed by atoms with E-state index in [-0.39, 0.29) is 11.1 Å². The molecular weight excluding hydrogens is 476 g/mol. The van der Waals surface area contributed by atoms with Gasteiger partial charge in [-0.1, -0.05) is 35.1 Å². The molecule has 0 fully saturated rings. The minimum atomic E-state index is -0.813. The van der Waals surface area contributed by atoms with Crippen LogP contribution in [0.4, 0.5) is 0 Å². The number of esters is 1. The van der Waals surface area contributed by atoms with Gasteiger partial charge in [-0.15, -0.1) is 0 Å². The molecule has 4 rings (SSSR count). The van der Waals surface area contributed by atoms with Crippen molar-refractivity contribution < 1.29 is 19.0 Å². The fraction of sp³-hybridized carbons (Fsp3) is 0.240. The van der Waals surface area contributed by atoms with Gasteiger partial charge in [0.15, 0.2) is 4.80 Å². The van der Waals surface area contributed by atoms with E-state index in [1.165, 1.54) is 30.1 Å². The molecule has 1 aliphatic heterocycles. The standard InChI is InChI=1S/C25H23ClN2O5S/c1-13-6-7-15(10-19(13)32-4)11-20-23(29)28-22(17-12-16(26)8-9-18(17)31-3)21(24(30)33-5)14(2)27-25(28)34-20/h6-12,22H,1-5H3/b20-11-/t22-/m0/s1. The highest BCUT2D eigenvalue weighted by Crippen LogP contribution is 2.37. The maximum absolute atomic E-state index is 13.7. The van der Waals surface area contributed by atoms with Gasteiger partial charge in [-0.05, 0) is 55.3 Å². The number of aryl methyl sites for hydroxylation is 1. The largest absolute Gasteiger partial charge is 0.496 e. The maximum Gasteiger partial charge on any atom is 0.338 e. The zero-order valence-electron chi connectivity index (χ0n) is 19.3. The number of allylic oxidation sites excluding steroid dienone is 1. The van der Waals surface area contributed by atoms with Gasteiger partial charge in [0.05, 0.1) is 37.1 Å². The van der Waals surface area contributed by atoms with Gasteiger partial charge in [0.1, 0.15) is 17.5 Å². The second kappa shape index (κ2) is 9.48. The number of fused-ring (bicyclic) bond motifs is 1. The summed E-state index contributed by atoms with van der Waals surface area (Å²) in [5.74, 6) is 0.640. The summed E-state index contributed by atoms with van der Waals surface area (Å²) in [4.78, 5) is 31.5. The average molecular weight is 499 g/mol. The zero-order valence-corrected chi connectivity index (χ0v) is 20.9. The summed E-state index contributed by atoms with van der Waals surface area (Å²) >= 11 is 7.54. The predicted octanol–water partition coefficient (Wildman–Crippen LogP) is 3.39. The van der Waals surface area contributed by atoms with E-state index in [0.717, 1.165) is 16.9 Å². The van der Waals surface area contributed by atoms with Crippen molar-refractivity contribution in [1.29, 1.82) is 0 Å². The van der Waals surface area contributed by atoms with Gasteiger partial charge >= 0.3 is 5.97 Å². The van der Waals surface area contributed by atoms with E-state index >= 15 is 0 Å². The lowest BCUT2D eigenvalue weighted by atomic mass is 9.95. The van der Waals surface area contributed by atoms with Gasteiger partial charge in [0, 0.05) is 10.6 Å². The van der Waals surface area contributed by atoms with Crippen molar-refractivity contribution in [2.24, 2.45) is 4.99 Å². The summed E-state index contributed by atoms with van der Waals surface area (Å²) in [7, 11) is 4.43. The Morgan fingerprint density at radius 3 is 2.50 bits per heavy atom. The number of nitrogens with zero attached hydrogens (tertiary/aromatic N) is 2. The Morgan fingerprint density at radius 2 is 1.82 bits per heavy atom. The molecule has 2 heterocycles. The lowest BCUT2D eigenvalue weighted by Crippen LogP contribution is -2.40. The van der Waals surface area contributed by atoms with Crippen LogP contribution >= 0.6 is 22.9 Å². The van der Waals surface area contributed by atoms with Crippen molar-refractivity contribution in [2.45, 2.75) is 19.9 Å². The van der Waals surface area contributed by atoms with E-state index in [1.807, 2.05) is 25.1 Å². The summed E-state index contributed by atoms with van der Waals surface area (Å²) in [5.41, 5.74) is 2.79. The van der Waals surface area contributed by atoms with Gasteiger partial charge in [0.25, 0.3) is 5.56 Å². The molecule has 3 aromatic rings. The number of hydrogen-bond donors (Lipinski definition) is 0. The second-order valence-corrected chi connectivity index (χ2v) is 9.13. The first kappa shape index (κ1) is 23.8. The normalized spacial score (nSPS) is 15.6. The Balaban J connectivity index is 2.01. The van der Waals surface area contributed by atoms with E-state index in [9.17, 15) is 9.59 Å². The molecular formula is C25H23ClN2O5S. The Labute approximate surface area is 205 Å². The molecule has 0 unspecified atom stereocenters. The summed E-state index contributed by atoms with van der Waals surface area (Å²) < 4.78 is 18.0. The van der Waals surface area contributed by atoms with Crippen LogP contribution in [0, 0.1) is 6.92 Å². The van der Waals surface area contributed by atoms with Gasteiger partial charge in [-0.3, -0.25) is 9.36 Å². The summed E-state index contributed by atoms with van der Waals surface area (Å²) in [6, 6.07) is 9.99. The molecule has 0 bridgehead atoms. The number of hydrogen-bond acceptors (Lipinski definition) is 7. The van der Waals surface area contributed by atoms with Crippen molar-refractivity contribution in [2.75, 3.05) is 21.3 Å². The van der Waals surface area contributed by atoms with E-state index in [4.69, 9.17) is 25.8 Å². The average Bonchev–Trinajstić information content (AvgIpc) is 3.13. The third kappa shape index (κ3) is 4.15. The van der Waals surface area contributed by atoms with Crippen LogP contribution in [-0.4, -0.2) is 31.9 Å². The highest BCUT2D eigenvalue weighted by atomic mass is 35.5. The van der Waals surface area contributed by atoms with Gasteiger partial charge in [0.2, 0.25) is 0 Å². The molecule has 9 heteroatoms. The van der Waals surface area contributed by atoms with Gasteiger partial charge in [-0.2, -0.15) is 0 Å². The molecule has 0 saturated carbocycles. The maximum atomic E-state index is 13.7. The Hall–Kier alpha value is -3.36. The lowest BCUT2D eigenvalue weighted by Gasteiger charge is -2.25. The first-order valence-corrected chi connectivity index (χ1v) is 11.6. The van der Waals surface area contributed by atoms with Crippen LogP contribution in [-0.2, 0) is 9.53 Å². The van der Waals surface area contributed by atoms with Crippen LogP contribution in [0.25, 0.3) is 6.08 Å². The highest BCUT2D eigenvalue weighted by Gasteiger charge is 2.35. The SMILES string of the molecule is COC(=O)C1=C(C)N=c2s/c(=C\c3ccc(C)c(OC)c3)c(=O)n2[C@H]1c1cc(Cl)ccc1OC. The van der Waals surface area contributed by atoms with E-state index in [2.05, 4.69) is 4.99 Å². The molecule has 1 aromatic heterocycles. The fourth-order valence-electron chi connectivity index (χ4n) is 3.98. The fourth-order valence-corrected chi connectivity index (χ4v) is 5.21. The van der Waals surface area contributed by atoms with Crippen molar-refractivity contribution in [3.8, 4) is 11.5 Å². The minimum Gasteiger partial charge on any atom is -0.496 e. The first-order valence-electron chi connectivity index (χ1n) is 10.4. The monoisotopic (exact) mass is 498 g/mol. The number of thiazole rings is 1. The molecule has 0 N–H and O–H groups in total. The second-order valence-electron chi connectivity index (χ2n) is 7.69. The Bertz CT molecular complexity index is 1500. The smallest absolute Gasteiger partial charge is 0.338 e. The number of carbonyl (C=O) groups is 1. The molecule has 0 amide bonds. The number of halogens is 1. The van der Waals surface area contributed by atoms with Crippen molar-refractivity contribution in [3.05, 3.63) is 89.1 Å². The minimum absolute atomic E-state index is 0.249. The molecule has 0 saturated heterocycles. The van der Waals surface area contributed by atoms with Crippen molar-refractivity contribution >= 4 is 35.0 Å². The van der Waals surface area contributed by atoms with Crippen LogP contribution < -0.4 is 24.4 Å². The van der Waals surface area contributed by atoms with Crippen LogP contribution in [0.15, 0.2) is 57.5 Å². The van der Waals surface area contributed by atoms with Gasteiger partial charge < -0.3 is 14.2 Å². The van der Waals surface area contributed by atoms with Crippen molar-refractivity contribution in [3.63, 3.8) is 0 Å². The predicted molar refractivity (Wildman–Crippen MR) is 132 cm³/mol. The molecule has 1 aliphatic rings. The molecule has 0 radical (unpaired) electrons.